The molecule has 31 heavy (non-hydrogen) atoms. The fraction of sp³-hybridized carbons (Fsp3) is 0.909. The number of piperidine rings is 1. The van der Waals surface area contributed by atoms with Gasteiger partial charge in [0.1, 0.15) is 0 Å². The first-order chi connectivity index (χ1) is 14.8. The molecule has 0 bridgehead atoms. The van der Waals surface area contributed by atoms with Crippen LogP contribution >= 0.6 is 0 Å². The molecule has 2 saturated heterocycles. The molecule has 0 aromatic carbocycles. The van der Waals surface area contributed by atoms with Gasteiger partial charge in [-0.25, -0.2) is 0 Å². The van der Waals surface area contributed by atoms with E-state index < -0.39 is 5.79 Å². The van der Waals surface area contributed by atoms with Crippen molar-refractivity contribution in [2.45, 2.75) is 50.9 Å². The summed E-state index contributed by atoms with van der Waals surface area (Å²) in [6, 6.07) is 0.251. The number of nitrogens with one attached hydrogen (secondary N) is 1. The number of carbonyl (C=O) groups excluding carboxylic acids is 2. The van der Waals surface area contributed by atoms with Crippen LogP contribution in [0.3, 0.4) is 0 Å². The van der Waals surface area contributed by atoms with Crippen molar-refractivity contribution >= 4 is 11.9 Å². The van der Waals surface area contributed by atoms with Crippen LogP contribution in [-0.4, -0.2) is 101 Å². The molecule has 9 heteroatoms. The summed E-state index contributed by atoms with van der Waals surface area (Å²) in [7, 11) is 6.24. The van der Waals surface area contributed by atoms with Crippen molar-refractivity contribution in [1.29, 1.82) is 0 Å². The second kappa shape index (κ2) is 11.6. The molecule has 1 saturated carbocycles. The molecule has 3 fully saturated rings. The van der Waals surface area contributed by atoms with E-state index in [-0.39, 0.29) is 39.1 Å². The van der Waals surface area contributed by atoms with Crippen LogP contribution in [0.25, 0.3) is 0 Å². The fourth-order valence-electron chi connectivity index (χ4n) is 5.17. The van der Waals surface area contributed by atoms with E-state index in [1.165, 1.54) is 4.90 Å². The second-order valence-electron chi connectivity index (χ2n) is 9.34. The van der Waals surface area contributed by atoms with Gasteiger partial charge < -0.3 is 0 Å². The Morgan fingerprint density at radius 3 is 2.65 bits per heavy atom. The summed E-state index contributed by atoms with van der Waals surface area (Å²) in [6.45, 7) is 5.59. The predicted molar refractivity (Wildman–Crippen MR) is 115 cm³/mol. The Bertz CT molecular complexity index is 614. The molecule has 2 aliphatic heterocycles. The number of alkyl halides is 2. The third-order valence-corrected chi connectivity index (χ3v) is 8.87. The Balaban J connectivity index is 1.57. The van der Waals surface area contributed by atoms with Gasteiger partial charge in [-0.15, -0.1) is 0 Å². The number of urea groups is 1. The number of imide groups is 1. The van der Waals surface area contributed by atoms with Crippen LogP contribution in [0.5, 0.6) is 0 Å². The average Bonchev–Trinajstić information content (AvgIpc) is 3.18. The third-order valence-electron chi connectivity index (χ3n) is 6.70. The maximum atomic E-state index is 13.4. The average molecular weight is 551 g/mol. The third kappa shape index (κ3) is 6.52. The second-order valence-corrected chi connectivity index (χ2v) is 12.3. The van der Waals surface area contributed by atoms with Crippen molar-refractivity contribution in [1.82, 2.24) is 20.0 Å². The van der Waals surface area contributed by atoms with Gasteiger partial charge in [0, 0.05) is 0 Å². The van der Waals surface area contributed by atoms with Crippen molar-refractivity contribution in [3.8, 4) is 0 Å². The summed E-state index contributed by atoms with van der Waals surface area (Å²) in [5, 5.41) is 3.01. The van der Waals surface area contributed by atoms with Crippen molar-refractivity contribution in [2.24, 2.45) is 11.8 Å². The molecule has 3 atom stereocenters. The summed E-state index contributed by atoms with van der Waals surface area (Å²) >= 11 is -0.0881. The Hall–Kier alpha value is -0.490. The van der Waals surface area contributed by atoms with Crippen molar-refractivity contribution in [3.63, 3.8) is 0 Å². The first-order valence-electron chi connectivity index (χ1n) is 11.6. The van der Waals surface area contributed by atoms with Gasteiger partial charge in [0.15, 0.2) is 0 Å². The molecule has 3 amide bonds. The predicted octanol–water partition coefficient (Wildman–Crippen LogP) is -1.59. The molecule has 1 N–H and O–H groups in total. The standard InChI is InChI=1S/C22H40IN4O4/c1-5-9-27(21(29)24-16-23-8-10-25(2)3)20(28)18-13-17-14-22(30-11-12-31-22)7-6-19(17)26(4)15-18/h17-19H,5-16H2,1-4H3,(H,24,29)/q-1/t17-,18-,19-/m1/s1. The maximum absolute atomic E-state index is 13.4. The minimum atomic E-state index is -0.441. The van der Waals surface area contributed by atoms with E-state index in [9.17, 15) is 9.59 Å². The number of carbonyl (C=O) groups is 2. The topological polar surface area (TPSA) is 74.4 Å². The Labute approximate surface area is 197 Å². The SMILES string of the molecule is CCCN(C(=O)NC[I-]CCN(C)C)C(=O)[C@@H]1C[C@@H]2CC3(CC[C@H]2N(C)C1)OCCO3. The molecule has 0 aromatic rings. The number of ether oxygens (including phenoxy) is 2. The van der Waals surface area contributed by atoms with Gasteiger partial charge >= 0.3 is 198 Å². The first-order valence-corrected chi connectivity index (χ1v) is 14.7. The van der Waals surface area contributed by atoms with Gasteiger partial charge in [0.05, 0.1) is 0 Å². The van der Waals surface area contributed by atoms with Crippen LogP contribution in [0.1, 0.15) is 39.0 Å². The summed E-state index contributed by atoms with van der Waals surface area (Å²) in [5.41, 5.74) is 0. The molecule has 1 spiro atoms. The van der Waals surface area contributed by atoms with E-state index in [0.717, 1.165) is 49.6 Å². The number of nitrogens with zero attached hydrogens (tertiary/aromatic N) is 3. The van der Waals surface area contributed by atoms with Crippen molar-refractivity contribution in [3.05, 3.63) is 0 Å². The number of rotatable bonds is 8. The normalized spacial score (nSPS) is 28.1. The van der Waals surface area contributed by atoms with Crippen LogP contribution in [0.15, 0.2) is 0 Å². The van der Waals surface area contributed by atoms with Gasteiger partial charge in [0.25, 0.3) is 0 Å². The molecule has 8 nitrogen and oxygen atoms in total. The van der Waals surface area contributed by atoms with Crippen LogP contribution in [-0.2, 0) is 14.3 Å². The molecule has 2 heterocycles. The van der Waals surface area contributed by atoms with E-state index in [1.807, 2.05) is 6.92 Å². The minimum absolute atomic E-state index is 0.0241. The zero-order valence-corrected chi connectivity index (χ0v) is 21.7. The number of hydrogen-bond donors (Lipinski definition) is 1. The molecule has 0 radical (unpaired) electrons. The first kappa shape index (κ1) is 25.1. The van der Waals surface area contributed by atoms with Crippen LogP contribution in [0, 0.1) is 11.8 Å². The number of hydrogen-bond acceptors (Lipinski definition) is 6. The monoisotopic (exact) mass is 551 g/mol. The van der Waals surface area contributed by atoms with Crippen molar-refractivity contribution in [2.75, 3.05) is 63.0 Å². The number of likely N-dealkylation sites (tertiary alicyclic amines) is 1. The molecule has 180 valence electrons. The molecular weight excluding hydrogens is 511 g/mol. The summed E-state index contributed by atoms with van der Waals surface area (Å²) in [4.78, 5) is 32.2. The number of fused-ring (bicyclic) bond motifs is 1. The van der Waals surface area contributed by atoms with E-state index in [2.05, 4.69) is 36.3 Å². The van der Waals surface area contributed by atoms with Crippen LogP contribution < -0.4 is 26.5 Å². The van der Waals surface area contributed by atoms with E-state index >= 15 is 0 Å². The molecular formula is C22H40IN4O4-. The summed E-state index contributed by atoms with van der Waals surface area (Å²) in [5.74, 6) is -0.250. The molecule has 3 rings (SSSR count). The zero-order chi connectivity index (χ0) is 22.4. The van der Waals surface area contributed by atoms with Crippen LogP contribution in [0.2, 0.25) is 0 Å². The van der Waals surface area contributed by atoms with E-state index in [4.69, 9.17) is 9.47 Å². The zero-order valence-electron chi connectivity index (χ0n) is 19.6. The van der Waals surface area contributed by atoms with E-state index in [0.29, 0.717) is 36.3 Å². The van der Waals surface area contributed by atoms with Crippen LogP contribution in [0.4, 0.5) is 4.79 Å². The van der Waals surface area contributed by atoms with E-state index in [1.54, 1.807) is 0 Å². The molecule has 0 aromatic heterocycles. The Morgan fingerprint density at radius 1 is 1.23 bits per heavy atom. The Kier molecular flexibility index (Phi) is 9.39. The molecule has 3 aliphatic rings. The fourth-order valence-corrected chi connectivity index (χ4v) is 7.46. The molecule has 0 unspecified atom stereocenters. The number of halogens is 1. The quantitative estimate of drug-likeness (QED) is 0.170. The van der Waals surface area contributed by atoms with Crippen molar-refractivity contribution < 1.29 is 40.3 Å². The summed E-state index contributed by atoms with van der Waals surface area (Å²) < 4.78 is 13.8. The van der Waals surface area contributed by atoms with Gasteiger partial charge in [-0.2, -0.15) is 0 Å². The Morgan fingerprint density at radius 2 is 1.97 bits per heavy atom. The van der Waals surface area contributed by atoms with Gasteiger partial charge in [0.2, 0.25) is 0 Å². The summed E-state index contributed by atoms with van der Waals surface area (Å²) in [6.07, 6.45) is 4.40. The van der Waals surface area contributed by atoms with Gasteiger partial charge in [-0.3, -0.25) is 0 Å². The molecule has 1 aliphatic carbocycles. The van der Waals surface area contributed by atoms with Gasteiger partial charge in [-0.05, 0) is 0 Å². The number of amides is 3. The van der Waals surface area contributed by atoms with Gasteiger partial charge in [-0.1, -0.05) is 0 Å².